The van der Waals surface area contributed by atoms with E-state index in [2.05, 4.69) is 15.6 Å². The van der Waals surface area contributed by atoms with Gasteiger partial charge in [0.15, 0.2) is 0 Å². The Bertz CT molecular complexity index is 775. The van der Waals surface area contributed by atoms with Crippen molar-refractivity contribution in [2.75, 3.05) is 17.2 Å². The molecule has 0 saturated carbocycles. The number of hydrogen-bond donors (Lipinski definition) is 2. The lowest BCUT2D eigenvalue weighted by Gasteiger charge is -2.12. The van der Waals surface area contributed by atoms with Gasteiger partial charge in [-0.3, -0.25) is 9.36 Å². The van der Waals surface area contributed by atoms with Crippen LogP contribution in [0.15, 0.2) is 29.1 Å². The molecule has 3 rings (SSSR count). The molecule has 1 amide bonds. The minimum atomic E-state index is -0.337. The zero-order valence-electron chi connectivity index (χ0n) is 12.2. The fourth-order valence-electron chi connectivity index (χ4n) is 2.34. The number of fused-ring (bicyclic) bond motifs is 1. The van der Waals surface area contributed by atoms with Gasteiger partial charge in [0.2, 0.25) is 0 Å². The molecule has 0 atom stereocenters. The summed E-state index contributed by atoms with van der Waals surface area (Å²) in [6.07, 6.45) is 0. The average Bonchev–Trinajstić information content (AvgIpc) is 2.91. The van der Waals surface area contributed by atoms with Gasteiger partial charge in [-0.2, -0.15) is 4.98 Å². The predicted molar refractivity (Wildman–Crippen MR) is 92.0 cm³/mol. The summed E-state index contributed by atoms with van der Waals surface area (Å²) >= 11 is 5.81. The highest BCUT2D eigenvalue weighted by Gasteiger charge is 2.23. The molecular formula is C14H16Cl2N4O3. The molecule has 2 aromatic rings. The number of hydrogen-bond acceptors (Lipinski definition) is 4. The number of aromatic nitrogens is 2. The first-order valence-electron chi connectivity index (χ1n) is 6.48. The van der Waals surface area contributed by atoms with Crippen LogP contribution in [0.3, 0.4) is 0 Å². The van der Waals surface area contributed by atoms with Crippen molar-refractivity contribution in [3.8, 4) is 0 Å². The van der Waals surface area contributed by atoms with Crippen LogP contribution in [0.4, 0.5) is 11.5 Å². The van der Waals surface area contributed by atoms with Gasteiger partial charge in [-0.1, -0.05) is 11.6 Å². The Morgan fingerprint density at radius 3 is 2.65 bits per heavy atom. The van der Waals surface area contributed by atoms with Gasteiger partial charge in [-0.05, 0) is 31.2 Å². The maximum Gasteiger partial charge on any atom is 0.349 e. The van der Waals surface area contributed by atoms with Crippen molar-refractivity contribution in [3.05, 3.63) is 51.0 Å². The molecule has 0 fully saturated rings. The van der Waals surface area contributed by atoms with Crippen LogP contribution < -0.4 is 16.3 Å². The van der Waals surface area contributed by atoms with Gasteiger partial charge >= 0.3 is 5.69 Å². The van der Waals surface area contributed by atoms with Crippen molar-refractivity contribution in [2.24, 2.45) is 0 Å². The molecule has 0 unspecified atom stereocenters. The standard InChI is InChI=1S/C14H13ClN4O2.ClH.H2O/c1-8-11(12-16-6-7-19(12)14(21)17-8)13(20)18-10-4-2-9(15)3-5-10;;/h2-5,16H,6-7H2,1H3,(H,18,20);1H;1H2. The molecule has 0 saturated heterocycles. The van der Waals surface area contributed by atoms with E-state index >= 15 is 0 Å². The molecule has 2 heterocycles. The van der Waals surface area contributed by atoms with E-state index in [1.807, 2.05) is 0 Å². The first-order valence-corrected chi connectivity index (χ1v) is 6.86. The molecule has 1 aromatic carbocycles. The fourth-order valence-corrected chi connectivity index (χ4v) is 2.46. The number of carbonyl (C=O) groups is 1. The summed E-state index contributed by atoms with van der Waals surface area (Å²) in [7, 11) is 0. The molecule has 0 radical (unpaired) electrons. The Morgan fingerprint density at radius 1 is 1.35 bits per heavy atom. The van der Waals surface area contributed by atoms with E-state index in [9.17, 15) is 9.59 Å². The van der Waals surface area contributed by atoms with Crippen LogP contribution in [0.1, 0.15) is 16.1 Å². The van der Waals surface area contributed by atoms with Crippen LogP contribution in [0.2, 0.25) is 5.02 Å². The van der Waals surface area contributed by atoms with Gasteiger partial charge in [0, 0.05) is 23.8 Å². The maximum atomic E-state index is 12.5. The second kappa shape index (κ2) is 7.45. The summed E-state index contributed by atoms with van der Waals surface area (Å²) in [4.78, 5) is 28.1. The second-order valence-corrected chi connectivity index (χ2v) is 5.18. The third-order valence-corrected chi connectivity index (χ3v) is 3.57. The Labute approximate surface area is 143 Å². The van der Waals surface area contributed by atoms with Crippen molar-refractivity contribution in [3.63, 3.8) is 0 Å². The number of carbonyl (C=O) groups excluding carboxylic acids is 1. The van der Waals surface area contributed by atoms with Crippen molar-refractivity contribution in [1.29, 1.82) is 0 Å². The highest BCUT2D eigenvalue weighted by atomic mass is 35.5. The first-order chi connectivity index (χ1) is 10.1. The molecule has 4 N–H and O–H groups in total. The third-order valence-electron chi connectivity index (χ3n) is 3.32. The van der Waals surface area contributed by atoms with Crippen LogP contribution in [0.25, 0.3) is 0 Å². The molecule has 7 nitrogen and oxygen atoms in total. The largest absolute Gasteiger partial charge is 0.412 e. The molecule has 0 aliphatic carbocycles. The Morgan fingerprint density at radius 2 is 2.00 bits per heavy atom. The number of anilines is 2. The number of benzene rings is 1. The molecule has 1 aliphatic heterocycles. The zero-order chi connectivity index (χ0) is 15.0. The lowest BCUT2D eigenvalue weighted by atomic mass is 10.2. The van der Waals surface area contributed by atoms with E-state index in [0.717, 1.165) is 0 Å². The Kier molecular flexibility index (Phi) is 6.14. The summed E-state index contributed by atoms with van der Waals surface area (Å²) < 4.78 is 1.48. The van der Waals surface area contributed by atoms with Gasteiger partial charge in [0.1, 0.15) is 11.4 Å². The molecule has 0 spiro atoms. The van der Waals surface area contributed by atoms with Gasteiger partial charge in [-0.25, -0.2) is 4.79 Å². The molecule has 1 aromatic heterocycles. The first kappa shape index (κ1) is 19.0. The zero-order valence-corrected chi connectivity index (χ0v) is 13.8. The Hall–Kier alpha value is -2.09. The quantitative estimate of drug-likeness (QED) is 0.847. The van der Waals surface area contributed by atoms with Crippen molar-refractivity contribution < 1.29 is 10.3 Å². The van der Waals surface area contributed by atoms with Crippen LogP contribution in [-0.2, 0) is 6.54 Å². The topological polar surface area (TPSA) is 108 Å². The highest BCUT2D eigenvalue weighted by Crippen LogP contribution is 2.22. The van der Waals surface area contributed by atoms with Crippen LogP contribution >= 0.6 is 24.0 Å². The summed E-state index contributed by atoms with van der Waals surface area (Å²) in [5.74, 6) is 0.222. The minimum absolute atomic E-state index is 0. The number of rotatable bonds is 2. The maximum absolute atomic E-state index is 12.5. The summed E-state index contributed by atoms with van der Waals surface area (Å²) in [6, 6.07) is 6.82. The van der Waals surface area contributed by atoms with Crippen molar-refractivity contribution in [1.82, 2.24) is 9.55 Å². The number of aryl methyl sites for hydroxylation is 1. The van der Waals surface area contributed by atoms with Gasteiger partial charge in [0.25, 0.3) is 5.91 Å². The smallest absolute Gasteiger partial charge is 0.349 e. The van der Waals surface area contributed by atoms with E-state index in [4.69, 9.17) is 11.6 Å². The van der Waals surface area contributed by atoms with E-state index in [1.54, 1.807) is 31.2 Å². The monoisotopic (exact) mass is 358 g/mol. The lowest BCUT2D eigenvalue weighted by Crippen LogP contribution is -2.26. The molecule has 9 heteroatoms. The van der Waals surface area contributed by atoms with Crippen molar-refractivity contribution >= 4 is 41.4 Å². The summed E-state index contributed by atoms with van der Waals surface area (Å²) in [5, 5.41) is 6.45. The molecule has 23 heavy (non-hydrogen) atoms. The van der Waals surface area contributed by atoms with E-state index in [0.29, 0.717) is 40.9 Å². The SMILES string of the molecule is Cc1nc(=O)n2c(c1C(=O)Nc1ccc(Cl)cc1)NCC2.Cl.O. The summed E-state index contributed by atoms with van der Waals surface area (Å²) in [5.41, 5.74) is 1.09. The van der Waals surface area contributed by atoms with Crippen LogP contribution in [-0.4, -0.2) is 27.5 Å². The van der Waals surface area contributed by atoms with Gasteiger partial charge < -0.3 is 16.1 Å². The number of amides is 1. The summed E-state index contributed by atoms with van der Waals surface area (Å²) in [6.45, 7) is 2.78. The molecular weight excluding hydrogens is 343 g/mol. The predicted octanol–water partition coefficient (Wildman–Crippen LogP) is 1.48. The highest BCUT2D eigenvalue weighted by molar-refractivity contribution is 6.30. The third kappa shape index (κ3) is 3.64. The van der Waals surface area contributed by atoms with Gasteiger partial charge in [0.05, 0.1) is 5.69 Å². The lowest BCUT2D eigenvalue weighted by molar-refractivity contribution is 0.102. The average molecular weight is 359 g/mol. The minimum Gasteiger partial charge on any atom is -0.412 e. The van der Waals surface area contributed by atoms with Crippen LogP contribution in [0.5, 0.6) is 0 Å². The number of nitrogens with zero attached hydrogens (tertiary/aromatic N) is 2. The Balaban J connectivity index is 0.00000132. The van der Waals surface area contributed by atoms with E-state index in [-0.39, 0.29) is 29.5 Å². The van der Waals surface area contributed by atoms with Gasteiger partial charge in [-0.15, -0.1) is 12.4 Å². The van der Waals surface area contributed by atoms with E-state index in [1.165, 1.54) is 4.57 Å². The number of nitrogens with one attached hydrogen (secondary N) is 2. The molecule has 124 valence electrons. The van der Waals surface area contributed by atoms with Crippen molar-refractivity contribution in [2.45, 2.75) is 13.5 Å². The normalized spacial score (nSPS) is 11.6. The van der Waals surface area contributed by atoms with E-state index < -0.39 is 0 Å². The molecule has 0 bridgehead atoms. The molecule has 1 aliphatic rings. The second-order valence-electron chi connectivity index (χ2n) is 4.74. The van der Waals surface area contributed by atoms with Crippen LogP contribution in [0, 0.1) is 6.92 Å². The number of halogens is 2. The fraction of sp³-hybridized carbons (Fsp3) is 0.214.